The Balaban J connectivity index is 2.59. The van der Waals surface area contributed by atoms with Gasteiger partial charge in [0, 0.05) is 12.8 Å². The van der Waals surface area contributed by atoms with Gasteiger partial charge in [0.05, 0.1) is 18.5 Å². The predicted molar refractivity (Wildman–Crippen MR) is 77.3 cm³/mol. The van der Waals surface area contributed by atoms with Crippen molar-refractivity contribution in [2.24, 2.45) is 0 Å². The van der Waals surface area contributed by atoms with Crippen LogP contribution < -0.4 is 5.32 Å². The van der Waals surface area contributed by atoms with Crippen molar-refractivity contribution in [1.29, 1.82) is 0 Å². The highest BCUT2D eigenvalue weighted by Gasteiger charge is 2.31. The van der Waals surface area contributed by atoms with Crippen LogP contribution in [0.4, 0.5) is 0 Å². The Hall–Kier alpha value is -0.880. The molecule has 1 amide bonds. The molecule has 1 aromatic carbocycles. The molecule has 1 aromatic rings. The summed E-state index contributed by atoms with van der Waals surface area (Å²) in [6.07, 6.45) is 4.53. The normalized spacial score (nSPS) is 11.2. The lowest BCUT2D eigenvalue weighted by Gasteiger charge is -2.23. The summed E-state index contributed by atoms with van der Waals surface area (Å²) in [5, 5.41) is 3.10. The lowest BCUT2D eigenvalue weighted by Crippen LogP contribution is -2.28. The largest absolute Gasteiger partial charge is 0.320 e. The summed E-state index contributed by atoms with van der Waals surface area (Å²) in [6.45, 7) is 6.74. The van der Waals surface area contributed by atoms with Crippen LogP contribution in [0.25, 0.3) is 0 Å². The number of nitrogens with one attached hydrogen (secondary N) is 1. The van der Waals surface area contributed by atoms with E-state index in [1.165, 1.54) is 18.5 Å². The van der Waals surface area contributed by atoms with Gasteiger partial charge in [0.15, 0.2) is 0 Å². The molecule has 1 N–H and O–H groups in total. The molecule has 0 heterocycles. The highest BCUT2D eigenvalue weighted by Crippen LogP contribution is 2.56. The first kappa shape index (κ1) is 14.2. The molecule has 0 aliphatic carbocycles. The Bertz CT molecular complexity index is 338. The molecule has 1 rings (SSSR count). The smallest absolute Gasteiger partial charge is 0.254 e. The first-order chi connectivity index (χ1) is 8.17. The summed E-state index contributed by atoms with van der Waals surface area (Å²) in [5.74, 6) is 0.0605. The molecular weight excluding hydrogens is 229 g/mol. The Morgan fingerprint density at radius 2 is 1.59 bits per heavy atom. The molecule has 0 spiro atoms. The van der Waals surface area contributed by atoms with Crippen LogP contribution in [0, 0.1) is 0 Å². The molecule has 3 heteroatoms. The third-order valence-electron chi connectivity index (χ3n) is 3.62. The number of carbonyl (C=O) groups excluding carboxylic acids is 1. The molecule has 0 saturated heterocycles. The third-order valence-corrected chi connectivity index (χ3v) is 8.48. The fourth-order valence-electron chi connectivity index (χ4n) is 1.94. The van der Waals surface area contributed by atoms with E-state index < -0.39 is 7.26 Å². The van der Waals surface area contributed by atoms with E-state index >= 15 is 0 Å². The van der Waals surface area contributed by atoms with Crippen LogP contribution in [0.15, 0.2) is 30.3 Å². The highest BCUT2D eigenvalue weighted by atomic mass is 31.2. The quantitative estimate of drug-likeness (QED) is 0.772. The summed E-state index contributed by atoms with van der Waals surface area (Å²) < 4.78 is 0. The zero-order valence-electron chi connectivity index (χ0n) is 11.1. The van der Waals surface area contributed by atoms with E-state index in [1.54, 1.807) is 0 Å². The molecule has 0 aliphatic heterocycles. The number of carbonyl (C=O) groups is 1. The fraction of sp³-hybridized carbons (Fsp3) is 0.500. The Morgan fingerprint density at radius 3 is 2.06 bits per heavy atom. The van der Waals surface area contributed by atoms with Gasteiger partial charge in [-0.15, -0.1) is 0 Å². The van der Waals surface area contributed by atoms with Crippen molar-refractivity contribution in [3.63, 3.8) is 0 Å². The van der Waals surface area contributed by atoms with Crippen LogP contribution in [0.1, 0.15) is 31.1 Å². The SMILES string of the molecule is CC[P+](CC)(CC)CNC(=O)c1ccccc1. The van der Waals surface area contributed by atoms with Gasteiger partial charge in [0.1, 0.15) is 6.29 Å². The average molecular weight is 252 g/mol. The van der Waals surface area contributed by atoms with Crippen LogP contribution >= 0.6 is 7.26 Å². The minimum atomic E-state index is -0.945. The van der Waals surface area contributed by atoms with Crippen molar-refractivity contribution >= 4 is 13.2 Å². The summed E-state index contributed by atoms with van der Waals surface area (Å²) in [4.78, 5) is 11.9. The van der Waals surface area contributed by atoms with Crippen molar-refractivity contribution in [3.8, 4) is 0 Å². The lowest BCUT2D eigenvalue weighted by molar-refractivity contribution is 0.0960. The van der Waals surface area contributed by atoms with Gasteiger partial charge in [-0.05, 0) is 32.9 Å². The molecule has 0 atom stereocenters. The molecule has 94 valence electrons. The predicted octanol–water partition coefficient (Wildman–Crippen LogP) is 3.45. The van der Waals surface area contributed by atoms with E-state index in [9.17, 15) is 4.79 Å². The van der Waals surface area contributed by atoms with Gasteiger partial charge >= 0.3 is 0 Å². The van der Waals surface area contributed by atoms with Crippen LogP contribution in [-0.4, -0.2) is 30.7 Å². The maximum absolute atomic E-state index is 11.9. The third kappa shape index (κ3) is 3.81. The maximum Gasteiger partial charge on any atom is 0.254 e. The van der Waals surface area contributed by atoms with Gasteiger partial charge < -0.3 is 5.32 Å². The number of benzene rings is 1. The summed E-state index contributed by atoms with van der Waals surface area (Å²) in [6, 6.07) is 9.45. The highest BCUT2D eigenvalue weighted by molar-refractivity contribution is 7.75. The maximum atomic E-state index is 11.9. The number of hydrogen-bond acceptors (Lipinski definition) is 1. The topological polar surface area (TPSA) is 29.1 Å². The Kier molecular flexibility index (Phi) is 5.64. The van der Waals surface area contributed by atoms with E-state index in [4.69, 9.17) is 0 Å². The molecule has 0 radical (unpaired) electrons. The molecule has 0 saturated carbocycles. The second kappa shape index (κ2) is 6.76. The van der Waals surface area contributed by atoms with Crippen molar-refractivity contribution < 1.29 is 4.79 Å². The second-order valence-corrected chi connectivity index (χ2v) is 9.22. The van der Waals surface area contributed by atoms with Crippen molar-refractivity contribution in [2.45, 2.75) is 20.8 Å². The molecule has 0 bridgehead atoms. The van der Waals surface area contributed by atoms with Crippen LogP contribution in [0.2, 0.25) is 0 Å². The molecule has 0 unspecified atom stereocenters. The van der Waals surface area contributed by atoms with Crippen molar-refractivity contribution in [3.05, 3.63) is 35.9 Å². The van der Waals surface area contributed by atoms with Crippen molar-refractivity contribution in [1.82, 2.24) is 5.32 Å². The van der Waals surface area contributed by atoms with Gasteiger partial charge in [0.2, 0.25) is 0 Å². The molecular formula is C14H23NOP+. The zero-order chi connectivity index (χ0) is 12.7. The molecule has 2 nitrogen and oxygen atoms in total. The van der Waals surface area contributed by atoms with Gasteiger partial charge in [-0.3, -0.25) is 4.79 Å². The molecule has 0 aromatic heterocycles. The number of hydrogen-bond donors (Lipinski definition) is 1. The summed E-state index contributed by atoms with van der Waals surface area (Å²) in [7, 11) is -0.945. The molecule has 17 heavy (non-hydrogen) atoms. The lowest BCUT2D eigenvalue weighted by atomic mass is 10.2. The Morgan fingerprint density at radius 1 is 1.06 bits per heavy atom. The van der Waals surface area contributed by atoms with E-state index in [0.29, 0.717) is 0 Å². The summed E-state index contributed by atoms with van der Waals surface area (Å²) >= 11 is 0. The van der Waals surface area contributed by atoms with Crippen LogP contribution in [-0.2, 0) is 0 Å². The molecule has 0 fully saturated rings. The van der Waals surface area contributed by atoms with Crippen LogP contribution in [0.3, 0.4) is 0 Å². The molecule has 0 aliphatic rings. The monoisotopic (exact) mass is 252 g/mol. The first-order valence-electron chi connectivity index (χ1n) is 6.35. The number of amides is 1. The van der Waals surface area contributed by atoms with E-state index in [0.717, 1.165) is 11.8 Å². The van der Waals surface area contributed by atoms with E-state index in [-0.39, 0.29) is 5.91 Å². The second-order valence-electron chi connectivity index (χ2n) is 4.32. The van der Waals surface area contributed by atoms with Gasteiger partial charge in [-0.25, -0.2) is 0 Å². The van der Waals surface area contributed by atoms with E-state index in [2.05, 4.69) is 26.1 Å². The first-order valence-corrected chi connectivity index (χ1v) is 8.88. The average Bonchev–Trinajstić information content (AvgIpc) is 2.41. The number of rotatable bonds is 6. The minimum Gasteiger partial charge on any atom is -0.320 e. The minimum absolute atomic E-state index is 0.0605. The standard InChI is InChI=1S/C14H22NOP/c1-4-17(5-2,6-3)12-15-14(16)13-10-8-7-9-11-13/h7-11H,4-6,12H2,1-3H3/p+1. The zero-order valence-corrected chi connectivity index (χ0v) is 12.0. The Labute approximate surface area is 105 Å². The van der Waals surface area contributed by atoms with Crippen LogP contribution in [0.5, 0.6) is 0 Å². The van der Waals surface area contributed by atoms with Gasteiger partial charge in [0.25, 0.3) is 5.91 Å². The van der Waals surface area contributed by atoms with E-state index in [1.807, 2.05) is 30.3 Å². The fourth-order valence-corrected chi connectivity index (χ4v) is 4.43. The summed E-state index contributed by atoms with van der Waals surface area (Å²) in [5.41, 5.74) is 0.758. The van der Waals surface area contributed by atoms with Gasteiger partial charge in [-0.2, -0.15) is 0 Å². The van der Waals surface area contributed by atoms with Crippen molar-refractivity contribution in [2.75, 3.05) is 24.8 Å². The van der Waals surface area contributed by atoms with Gasteiger partial charge in [-0.1, -0.05) is 18.2 Å².